The molecule has 0 spiro atoms. The van der Waals surface area contributed by atoms with E-state index < -0.39 is 0 Å². The fraction of sp³-hybridized carbons (Fsp3) is 0.105. The maximum atomic E-state index is 4.83. The lowest BCUT2D eigenvalue weighted by Crippen LogP contribution is -1.92. The van der Waals surface area contributed by atoms with Gasteiger partial charge in [0.25, 0.3) is 0 Å². The monoisotopic (exact) mass is 516 g/mol. The Balaban J connectivity index is 1.31. The highest BCUT2D eigenvalue weighted by atomic mass is 14.8. The largest absolute Gasteiger partial charge is 0.254 e. The van der Waals surface area contributed by atoms with E-state index in [4.69, 9.17) is 9.97 Å². The summed E-state index contributed by atoms with van der Waals surface area (Å²) in [4.78, 5) is 9.66. The lowest BCUT2D eigenvalue weighted by Gasteiger charge is -2.13. The zero-order valence-corrected chi connectivity index (χ0v) is 23.4. The third kappa shape index (κ3) is 5.21. The van der Waals surface area contributed by atoms with Gasteiger partial charge in [-0.3, -0.25) is 9.97 Å². The van der Waals surface area contributed by atoms with Crippen molar-refractivity contribution in [3.05, 3.63) is 144 Å². The molecule has 2 nitrogen and oxygen atoms in total. The molecule has 0 atom stereocenters. The van der Waals surface area contributed by atoms with Gasteiger partial charge in [0.2, 0.25) is 0 Å². The molecular formula is C38H32N2. The second-order valence-corrected chi connectivity index (χ2v) is 10.7. The minimum absolute atomic E-state index is 0.864. The molecule has 6 rings (SSSR count). The van der Waals surface area contributed by atoms with Crippen LogP contribution < -0.4 is 0 Å². The van der Waals surface area contributed by atoms with Crippen LogP contribution in [0.3, 0.4) is 0 Å². The first kappa shape index (κ1) is 25.5. The molecule has 0 bridgehead atoms. The van der Waals surface area contributed by atoms with Gasteiger partial charge in [0.1, 0.15) is 0 Å². The van der Waals surface area contributed by atoms with Gasteiger partial charge in [0.05, 0.1) is 11.4 Å². The molecule has 0 saturated heterocycles. The first-order chi connectivity index (χ1) is 19.4. The van der Waals surface area contributed by atoms with Crippen LogP contribution in [-0.4, -0.2) is 9.97 Å². The van der Waals surface area contributed by atoms with E-state index in [9.17, 15) is 0 Å². The predicted octanol–water partition coefficient (Wildman–Crippen LogP) is 10.0. The first-order valence-corrected chi connectivity index (χ1v) is 13.7. The molecule has 2 heterocycles. The highest BCUT2D eigenvalue weighted by Gasteiger charge is 2.12. The number of aryl methyl sites for hydroxylation is 4. The Hall–Kier alpha value is -4.82. The van der Waals surface area contributed by atoms with Gasteiger partial charge in [0, 0.05) is 23.5 Å². The van der Waals surface area contributed by atoms with E-state index in [1.165, 1.54) is 55.6 Å². The van der Waals surface area contributed by atoms with Gasteiger partial charge < -0.3 is 0 Å². The maximum absolute atomic E-state index is 4.83. The summed E-state index contributed by atoms with van der Waals surface area (Å²) in [5, 5.41) is 0. The average molecular weight is 517 g/mol. The van der Waals surface area contributed by atoms with Crippen LogP contribution in [-0.2, 0) is 0 Å². The minimum Gasteiger partial charge on any atom is -0.254 e. The Morgan fingerprint density at radius 2 is 0.675 bits per heavy atom. The van der Waals surface area contributed by atoms with Crippen LogP contribution in [0.2, 0.25) is 0 Å². The van der Waals surface area contributed by atoms with Crippen LogP contribution in [0, 0.1) is 27.7 Å². The van der Waals surface area contributed by atoms with Gasteiger partial charge in [0.15, 0.2) is 0 Å². The highest BCUT2D eigenvalue weighted by Crippen LogP contribution is 2.35. The molecule has 2 aromatic heterocycles. The maximum Gasteiger partial charge on any atom is 0.0886 e. The van der Waals surface area contributed by atoms with Crippen molar-refractivity contribution in [3.63, 3.8) is 0 Å². The molecule has 0 aliphatic heterocycles. The average Bonchev–Trinajstić information content (AvgIpc) is 2.98. The zero-order chi connectivity index (χ0) is 27.6. The summed E-state index contributed by atoms with van der Waals surface area (Å²) in [7, 11) is 0. The van der Waals surface area contributed by atoms with Crippen LogP contribution in [0.5, 0.6) is 0 Å². The van der Waals surface area contributed by atoms with Crippen molar-refractivity contribution >= 4 is 0 Å². The van der Waals surface area contributed by atoms with Crippen LogP contribution in [0.4, 0.5) is 0 Å². The molecule has 0 aliphatic rings. The number of rotatable bonds is 5. The second-order valence-electron chi connectivity index (χ2n) is 10.7. The minimum atomic E-state index is 0.864. The lowest BCUT2D eigenvalue weighted by atomic mass is 9.93. The van der Waals surface area contributed by atoms with Gasteiger partial charge in [-0.25, -0.2) is 0 Å². The van der Waals surface area contributed by atoms with Crippen LogP contribution in [0.1, 0.15) is 22.3 Å². The Labute approximate surface area is 237 Å². The Morgan fingerprint density at radius 3 is 1.02 bits per heavy atom. The molecule has 0 amide bonds. The molecule has 0 fully saturated rings. The van der Waals surface area contributed by atoms with Gasteiger partial charge in [-0.05, 0) is 73.2 Å². The van der Waals surface area contributed by atoms with Crippen LogP contribution in [0.15, 0.2) is 122 Å². The van der Waals surface area contributed by atoms with Crippen molar-refractivity contribution in [2.75, 3.05) is 0 Å². The van der Waals surface area contributed by atoms with Crippen LogP contribution in [0.25, 0.3) is 55.9 Å². The molecule has 2 heteroatoms. The SMILES string of the molecule is Cc1ccc(-c2ccc(C)cc2-c2ccc(-c3ccc(-c4cc(C)ccc4-c4ccc(C)cc4)cn3)nc2)cc1. The second kappa shape index (κ2) is 10.7. The standard InChI is InChI=1S/C38H32N2/c1-25-5-11-29(12-6-25)33-17-9-27(3)21-35(33)31-15-19-37(39-23-31)38-20-16-32(24-40-38)36-22-28(4)10-18-34(36)30-13-7-26(2)8-14-30/h5-24H,1-4H3. The third-order valence-electron chi connectivity index (χ3n) is 7.49. The fourth-order valence-electron chi connectivity index (χ4n) is 5.17. The molecule has 0 unspecified atom stereocenters. The number of nitrogens with zero attached hydrogens (tertiary/aromatic N) is 2. The highest BCUT2D eigenvalue weighted by molar-refractivity contribution is 5.85. The Kier molecular flexibility index (Phi) is 6.84. The summed E-state index contributed by atoms with van der Waals surface area (Å²) in [6, 6.07) is 39.1. The smallest absolute Gasteiger partial charge is 0.0886 e. The van der Waals surface area contributed by atoms with E-state index in [-0.39, 0.29) is 0 Å². The molecule has 0 radical (unpaired) electrons. The quantitative estimate of drug-likeness (QED) is 0.228. The van der Waals surface area contributed by atoms with Gasteiger partial charge in [-0.1, -0.05) is 119 Å². The topological polar surface area (TPSA) is 25.8 Å². The summed E-state index contributed by atoms with van der Waals surface area (Å²) >= 11 is 0. The summed E-state index contributed by atoms with van der Waals surface area (Å²) in [5.41, 5.74) is 16.1. The molecule has 0 N–H and O–H groups in total. The third-order valence-corrected chi connectivity index (χ3v) is 7.49. The van der Waals surface area contributed by atoms with Gasteiger partial charge >= 0.3 is 0 Å². The molecule has 0 aliphatic carbocycles. The normalized spacial score (nSPS) is 11.0. The molecule has 0 saturated carbocycles. The summed E-state index contributed by atoms with van der Waals surface area (Å²) < 4.78 is 0. The zero-order valence-electron chi connectivity index (χ0n) is 23.4. The summed E-state index contributed by atoms with van der Waals surface area (Å²) in [6.07, 6.45) is 3.93. The van der Waals surface area contributed by atoms with E-state index in [0.29, 0.717) is 0 Å². The van der Waals surface area contributed by atoms with Crippen molar-refractivity contribution in [2.45, 2.75) is 27.7 Å². The predicted molar refractivity (Wildman–Crippen MR) is 168 cm³/mol. The Bertz CT molecular complexity index is 1640. The molecular weight excluding hydrogens is 484 g/mol. The number of hydrogen-bond donors (Lipinski definition) is 0. The van der Waals surface area contributed by atoms with E-state index >= 15 is 0 Å². The first-order valence-electron chi connectivity index (χ1n) is 13.7. The van der Waals surface area contributed by atoms with Crippen molar-refractivity contribution in [3.8, 4) is 55.9 Å². The number of pyridine rings is 2. The molecule has 40 heavy (non-hydrogen) atoms. The van der Waals surface area contributed by atoms with Crippen molar-refractivity contribution in [1.82, 2.24) is 9.97 Å². The number of hydrogen-bond acceptors (Lipinski definition) is 2. The molecule has 194 valence electrons. The van der Waals surface area contributed by atoms with E-state index in [1.54, 1.807) is 0 Å². The van der Waals surface area contributed by atoms with Crippen molar-refractivity contribution < 1.29 is 0 Å². The van der Waals surface area contributed by atoms with Gasteiger partial charge in [-0.15, -0.1) is 0 Å². The summed E-state index contributed by atoms with van der Waals surface area (Å²) in [5.74, 6) is 0. The van der Waals surface area contributed by atoms with Crippen molar-refractivity contribution in [2.24, 2.45) is 0 Å². The van der Waals surface area contributed by atoms with Crippen LogP contribution >= 0.6 is 0 Å². The van der Waals surface area contributed by atoms with Gasteiger partial charge in [-0.2, -0.15) is 0 Å². The molecule has 6 aromatic rings. The van der Waals surface area contributed by atoms with E-state index in [1.807, 2.05) is 12.4 Å². The Morgan fingerprint density at radius 1 is 0.325 bits per heavy atom. The van der Waals surface area contributed by atoms with E-state index in [0.717, 1.165) is 22.5 Å². The number of benzene rings is 4. The number of aromatic nitrogens is 2. The lowest BCUT2D eigenvalue weighted by molar-refractivity contribution is 1.25. The van der Waals surface area contributed by atoms with Crippen molar-refractivity contribution in [1.29, 1.82) is 0 Å². The molecule has 4 aromatic carbocycles. The fourth-order valence-corrected chi connectivity index (χ4v) is 5.17. The van der Waals surface area contributed by atoms with E-state index in [2.05, 4.69) is 137 Å². The summed E-state index contributed by atoms with van der Waals surface area (Å²) in [6.45, 7) is 8.50.